The Balaban J connectivity index is 1.39. The van der Waals surface area contributed by atoms with E-state index in [0.29, 0.717) is 24.8 Å². The minimum Gasteiger partial charge on any atom is -0.459 e. The number of hydrogen-bond acceptors (Lipinski definition) is 6. The monoisotopic (exact) mass is 377 g/mol. The second-order valence-corrected chi connectivity index (χ2v) is 6.81. The third-order valence-electron chi connectivity index (χ3n) is 4.85. The van der Waals surface area contributed by atoms with E-state index in [9.17, 15) is 4.79 Å². The van der Waals surface area contributed by atoms with Gasteiger partial charge in [-0.05, 0) is 23.8 Å². The van der Waals surface area contributed by atoms with Gasteiger partial charge < -0.3 is 19.1 Å². The molecule has 3 heterocycles. The molecule has 0 spiro atoms. The molecule has 0 N–H and O–H groups in total. The van der Waals surface area contributed by atoms with Crippen LogP contribution in [0, 0.1) is 0 Å². The topological polar surface area (TPSA) is 65.7 Å². The first-order valence-electron chi connectivity index (χ1n) is 9.36. The number of aromatic nitrogens is 2. The van der Waals surface area contributed by atoms with Gasteiger partial charge in [-0.15, -0.1) is 0 Å². The summed E-state index contributed by atoms with van der Waals surface area (Å²) in [5, 5.41) is 0. The second kappa shape index (κ2) is 8.12. The zero-order valence-corrected chi connectivity index (χ0v) is 15.9. The highest BCUT2D eigenvalue weighted by atomic mass is 16.3. The Labute approximate surface area is 164 Å². The molecule has 1 aliphatic heterocycles. The summed E-state index contributed by atoms with van der Waals surface area (Å²) in [6.07, 6.45) is 3.32. The van der Waals surface area contributed by atoms with E-state index in [1.165, 1.54) is 11.8 Å². The first-order valence-corrected chi connectivity index (χ1v) is 9.36. The first-order chi connectivity index (χ1) is 13.7. The molecule has 0 bridgehead atoms. The highest BCUT2D eigenvalue weighted by Gasteiger charge is 2.24. The maximum atomic E-state index is 12.4. The quantitative estimate of drug-likeness (QED) is 0.681. The van der Waals surface area contributed by atoms with Crippen LogP contribution in [0.25, 0.3) is 0 Å². The number of rotatable bonds is 5. The first kappa shape index (κ1) is 18.0. The predicted octanol–water partition coefficient (Wildman–Crippen LogP) is 2.67. The van der Waals surface area contributed by atoms with Gasteiger partial charge in [0.15, 0.2) is 5.76 Å². The molecular formula is C21H23N5O2. The molecular weight excluding hydrogens is 354 g/mol. The van der Waals surface area contributed by atoms with Gasteiger partial charge in [0.2, 0.25) is 5.95 Å². The summed E-state index contributed by atoms with van der Waals surface area (Å²) in [5.41, 5.74) is 1.21. The fourth-order valence-electron chi connectivity index (χ4n) is 3.32. The van der Waals surface area contributed by atoms with E-state index in [1.807, 2.05) is 41.1 Å². The number of piperazine rings is 1. The van der Waals surface area contributed by atoms with Crippen LogP contribution >= 0.6 is 0 Å². The normalized spacial score (nSPS) is 14.2. The Morgan fingerprint density at radius 2 is 1.86 bits per heavy atom. The van der Waals surface area contributed by atoms with Gasteiger partial charge in [0.05, 0.1) is 6.26 Å². The zero-order valence-electron chi connectivity index (χ0n) is 15.9. The average molecular weight is 377 g/mol. The summed E-state index contributed by atoms with van der Waals surface area (Å²) in [7, 11) is 1.99. The van der Waals surface area contributed by atoms with E-state index in [0.717, 1.165) is 25.5 Å². The number of amides is 1. The van der Waals surface area contributed by atoms with E-state index in [2.05, 4.69) is 22.0 Å². The summed E-state index contributed by atoms with van der Waals surface area (Å²) in [5.74, 6) is 1.90. The molecule has 7 nitrogen and oxygen atoms in total. The van der Waals surface area contributed by atoms with Crippen molar-refractivity contribution in [3.8, 4) is 0 Å². The van der Waals surface area contributed by atoms with Crippen LogP contribution in [0.3, 0.4) is 0 Å². The highest BCUT2D eigenvalue weighted by Crippen LogP contribution is 2.18. The lowest BCUT2D eigenvalue weighted by Gasteiger charge is -2.35. The van der Waals surface area contributed by atoms with Crippen molar-refractivity contribution in [1.82, 2.24) is 14.9 Å². The summed E-state index contributed by atoms with van der Waals surface area (Å²) < 4.78 is 5.22. The maximum Gasteiger partial charge on any atom is 0.289 e. The van der Waals surface area contributed by atoms with Gasteiger partial charge in [0.25, 0.3) is 5.91 Å². The number of anilines is 2. The van der Waals surface area contributed by atoms with Crippen LogP contribution in [0.5, 0.6) is 0 Å². The molecule has 0 unspecified atom stereocenters. The summed E-state index contributed by atoms with van der Waals surface area (Å²) in [6.45, 7) is 3.48. The van der Waals surface area contributed by atoms with Gasteiger partial charge in [-0.2, -0.15) is 4.98 Å². The second-order valence-electron chi connectivity index (χ2n) is 6.81. The van der Waals surface area contributed by atoms with Gasteiger partial charge in [-0.25, -0.2) is 4.98 Å². The maximum absolute atomic E-state index is 12.4. The number of hydrogen-bond donors (Lipinski definition) is 0. The molecule has 0 radical (unpaired) electrons. The van der Waals surface area contributed by atoms with Crippen molar-refractivity contribution >= 4 is 17.7 Å². The van der Waals surface area contributed by atoms with Crippen LogP contribution in [0.1, 0.15) is 16.1 Å². The van der Waals surface area contributed by atoms with Crippen molar-refractivity contribution in [2.24, 2.45) is 0 Å². The third kappa shape index (κ3) is 3.98. The minimum atomic E-state index is -0.0596. The summed E-state index contributed by atoms with van der Waals surface area (Å²) >= 11 is 0. The average Bonchev–Trinajstić information content (AvgIpc) is 3.29. The Morgan fingerprint density at radius 1 is 1.07 bits per heavy atom. The number of nitrogens with zero attached hydrogens (tertiary/aromatic N) is 5. The molecule has 1 fully saturated rings. The summed E-state index contributed by atoms with van der Waals surface area (Å²) in [4.78, 5) is 27.6. The van der Waals surface area contributed by atoms with E-state index in [4.69, 9.17) is 9.40 Å². The summed E-state index contributed by atoms with van der Waals surface area (Å²) in [6, 6.07) is 15.6. The smallest absolute Gasteiger partial charge is 0.289 e. The molecule has 28 heavy (non-hydrogen) atoms. The van der Waals surface area contributed by atoms with Crippen LogP contribution in [-0.2, 0) is 6.54 Å². The van der Waals surface area contributed by atoms with Crippen molar-refractivity contribution in [3.63, 3.8) is 0 Å². The molecule has 0 atom stereocenters. The number of benzene rings is 1. The highest BCUT2D eigenvalue weighted by molar-refractivity contribution is 5.91. The predicted molar refractivity (Wildman–Crippen MR) is 107 cm³/mol. The number of furan rings is 1. The molecule has 1 aromatic carbocycles. The number of carbonyl (C=O) groups is 1. The van der Waals surface area contributed by atoms with Gasteiger partial charge in [-0.1, -0.05) is 30.3 Å². The Bertz CT molecular complexity index is 906. The molecule has 1 aliphatic rings. The lowest BCUT2D eigenvalue weighted by Crippen LogP contribution is -2.49. The van der Waals surface area contributed by atoms with Crippen LogP contribution in [0.15, 0.2) is 65.4 Å². The fourth-order valence-corrected chi connectivity index (χ4v) is 3.32. The molecule has 4 rings (SSSR count). The van der Waals surface area contributed by atoms with Crippen molar-refractivity contribution in [2.75, 3.05) is 43.0 Å². The van der Waals surface area contributed by atoms with Gasteiger partial charge >= 0.3 is 0 Å². The molecule has 144 valence electrons. The Hall–Kier alpha value is -3.35. The third-order valence-corrected chi connectivity index (χ3v) is 4.85. The van der Waals surface area contributed by atoms with Crippen molar-refractivity contribution in [3.05, 3.63) is 72.3 Å². The van der Waals surface area contributed by atoms with Crippen LogP contribution in [0.4, 0.5) is 11.8 Å². The van der Waals surface area contributed by atoms with E-state index < -0.39 is 0 Å². The lowest BCUT2D eigenvalue weighted by molar-refractivity contribution is 0.0714. The van der Waals surface area contributed by atoms with E-state index in [1.54, 1.807) is 18.3 Å². The van der Waals surface area contributed by atoms with Gasteiger partial charge in [0, 0.05) is 46.0 Å². The molecule has 0 saturated carbocycles. The molecule has 3 aromatic rings. The SMILES string of the molecule is CN(Cc1ccccc1)c1nccc(N2CCN(C(=O)c3ccco3)CC2)n1. The van der Waals surface area contributed by atoms with Crippen LogP contribution < -0.4 is 9.80 Å². The van der Waals surface area contributed by atoms with E-state index >= 15 is 0 Å². The van der Waals surface area contributed by atoms with Crippen molar-refractivity contribution < 1.29 is 9.21 Å². The fraction of sp³-hybridized carbons (Fsp3) is 0.286. The molecule has 7 heteroatoms. The molecule has 1 amide bonds. The Morgan fingerprint density at radius 3 is 2.57 bits per heavy atom. The number of carbonyl (C=O) groups excluding carboxylic acids is 1. The van der Waals surface area contributed by atoms with Gasteiger partial charge in [0.1, 0.15) is 5.82 Å². The van der Waals surface area contributed by atoms with E-state index in [-0.39, 0.29) is 5.91 Å². The van der Waals surface area contributed by atoms with Crippen LogP contribution in [0.2, 0.25) is 0 Å². The van der Waals surface area contributed by atoms with Crippen molar-refractivity contribution in [2.45, 2.75) is 6.54 Å². The lowest BCUT2D eigenvalue weighted by atomic mass is 10.2. The minimum absolute atomic E-state index is 0.0596. The van der Waals surface area contributed by atoms with Gasteiger partial charge in [-0.3, -0.25) is 4.79 Å². The van der Waals surface area contributed by atoms with Crippen LogP contribution in [-0.4, -0.2) is 54.0 Å². The molecule has 0 aliphatic carbocycles. The largest absolute Gasteiger partial charge is 0.459 e. The van der Waals surface area contributed by atoms with Crippen molar-refractivity contribution in [1.29, 1.82) is 0 Å². The molecule has 2 aromatic heterocycles. The zero-order chi connectivity index (χ0) is 19.3. The standard InChI is InChI=1S/C21H23N5O2/c1-24(16-17-6-3-2-4-7-17)21-22-10-9-19(23-21)25-11-13-26(14-12-25)20(27)18-8-5-15-28-18/h2-10,15H,11-14,16H2,1H3. The Kier molecular flexibility index (Phi) is 5.23. The molecule has 1 saturated heterocycles.